The van der Waals surface area contributed by atoms with E-state index in [0.29, 0.717) is 22.7 Å². The summed E-state index contributed by atoms with van der Waals surface area (Å²) in [4.78, 5) is 21.6. The van der Waals surface area contributed by atoms with Crippen LogP contribution in [-0.2, 0) is 19.6 Å². The van der Waals surface area contributed by atoms with E-state index in [9.17, 15) is 18.0 Å². The number of hydrogen-bond donors (Lipinski definition) is 3. The molecule has 3 N–H and O–H groups in total. The maximum Gasteiger partial charge on any atom is 0.341 e. The lowest BCUT2D eigenvalue weighted by molar-refractivity contribution is -0.139. The lowest BCUT2D eigenvalue weighted by Gasteiger charge is -2.12. The minimum atomic E-state index is -3.82. The lowest BCUT2D eigenvalue weighted by Crippen LogP contribution is -2.14. The van der Waals surface area contributed by atoms with Gasteiger partial charge in [-0.05, 0) is 55.0 Å². The van der Waals surface area contributed by atoms with E-state index in [1.165, 1.54) is 43.3 Å². The largest absolute Gasteiger partial charge is 0.482 e. The van der Waals surface area contributed by atoms with E-state index in [-0.39, 0.29) is 10.8 Å². The third kappa shape index (κ3) is 5.21. The quantitative estimate of drug-likeness (QED) is 0.679. The molecule has 0 bridgehead atoms. The monoisotopic (exact) mass is 378 g/mol. The number of aliphatic carboxylic acids is 1. The Morgan fingerprint density at radius 1 is 1.12 bits per heavy atom. The van der Waals surface area contributed by atoms with Gasteiger partial charge in [0.05, 0.1) is 10.6 Å². The molecule has 0 unspecified atom stereocenters. The van der Waals surface area contributed by atoms with Crippen molar-refractivity contribution in [1.29, 1.82) is 0 Å². The number of rotatable bonds is 7. The molecule has 0 saturated carbocycles. The molecule has 0 spiro atoms. The molecule has 0 aliphatic rings. The summed E-state index contributed by atoms with van der Waals surface area (Å²) in [6, 6.07) is 10.3. The Morgan fingerprint density at radius 2 is 1.77 bits per heavy atom. The normalized spacial score (nSPS) is 10.8. The molecule has 0 aliphatic heterocycles. The predicted molar refractivity (Wildman–Crippen MR) is 95.9 cm³/mol. The zero-order valence-electron chi connectivity index (χ0n) is 14.1. The van der Waals surface area contributed by atoms with Gasteiger partial charge >= 0.3 is 5.97 Å². The number of benzene rings is 2. The summed E-state index contributed by atoms with van der Waals surface area (Å²) in [5.41, 5.74) is 1.41. The Labute approximate surface area is 150 Å². The van der Waals surface area contributed by atoms with Crippen LogP contribution in [0.4, 0.5) is 11.4 Å². The van der Waals surface area contributed by atoms with Gasteiger partial charge in [0.1, 0.15) is 5.75 Å². The van der Waals surface area contributed by atoms with Gasteiger partial charge in [0, 0.05) is 12.6 Å². The zero-order valence-corrected chi connectivity index (χ0v) is 15.0. The smallest absolute Gasteiger partial charge is 0.341 e. The molecule has 0 aromatic heterocycles. The van der Waals surface area contributed by atoms with Gasteiger partial charge in [-0.1, -0.05) is 0 Å². The van der Waals surface area contributed by atoms with Crippen molar-refractivity contribution in [3.63, 3.8) is 0 Å². The first-order valence-electron chi connectivity index (χ1n) is 7.53. The predicted octanol–water partition coefficient (Wildman–Crippen LogP) is 2.22. The van der Waals surface area contributed by atoms with E-state index >= 15 is 0 Å². The molecule has 0 fully saturated rings. The van der Waals surface area contributed by atoms with Gasteiger partial charge in [-0.25, -0.2) is 13.2 Å². The molecular formula is C17H18N2O6S. The summed E-state index contributed by atoms with van der Waals surface area (Å²) in [5.74, 6) is -1.03. The molecule has 0 heterocycles. The summed E-state index contributed by atoms with van der Waals surface area (Å²) in [7, 11) is -3.82. The van der Waals surface area contributed by atoms with Crippen LogP contribution in [-0.4, -0.2) is 32.0 Å². The van der Waals surface area contributed by atoms with Crippen molar-refractivity contribution < 1.29 is 27.9 Å². The van der Waals surface area contributed by atoms with Gasteiger partial charge in [-0.2, -0.15) is 0 Å². The minimum Gasteiger partial charge on any atom is -0.482 e. The van der Waals surface area contributed by atoms with Crippen molar-refractivity contribution in [3.8, 4) is 5.75 Å². The highest BCUT2D eigenvalue weighted by molar-refractivity contribution is 7.92. The lowest BCUT2D eigenvalue weighted by atomic mass is 10.2. The minimum absolute atomic E-state index is 0.0391. The molecule has 26 heavy (non-hydrogen) atoms. The fraction of sp³-hybridized carbons (Fsp3) is 0.176. The summed E-state index contributed by atoms with van der Waals surface area (Å²) >= 11 is 0. The van der Waals surface area contributed by atoms with E-state index in [2.05, 4.69) is 10.0 Å². The molecule has 9 heteroatoms. The number of ether oxygens (including phenoxy) is 1. The summed E-state index contributed by atoms with van der Waals surface area (Å²) in [5, 5.41) is 11.2. The fourth-order valence-corrected chi connectivity index (χ4v) is 3.24. The average Bonchev–Trinajstić information content (AvgIpc) is 2.55. The third-order valence-electron chi connectivity index (χ3n) is 3.29. The van der Waals surface area contributed by atoms with Gasteiger partial charge in [-0.3, -0.25) is 9.52 Å². The van der Waals surface area contributed by atoms with Crippen LogP contribution in [0.3, 0.4) is 0 Å². The molecule has 2 aromatic rings. The second kappa shape index (κ2) is 7.87. The van der Waals surface area contributed by atoms with Crippen LogP contribution in [0, 0.1) is 6.92 Å². The Kier molecular flexibility index (Phi) is 5.83. The first-order chi connectivity index (χ1) is 12.2. The fourth-order valence-electron chi connectivity index (χ4n) is 2.11. The Balaban J connectivity index is 2.15. The van der Waals surface area contributed by atoms with Crippen LogP contribution in [0.25, 0.3) is 0 Å². The summed E-state index contributed by atoms with van der Waals surface area (Å²) in [6.45, 7) is 2.55. The van der Waals surface area contributed by atoms with Crippen LogP contribution in [0.1, 0.15) is 12.5 Å². The number of carboxylic acid groups (broad SMARTS) is 1. The summed E-state index contributed by atoms with van der Waals surface area (Å²) in [6.07, 6.45) is 0. The van der Waals surface area contributed by atoms with Crippen molar-refractivity contribution in [1.82, 2.24) is 0 Å². The van der Waals surface area contributed by atoms with Crippen LogP contribution in [0.15, 0.2) is 47.4 Å². The van der Waals surface area contributed by atoms with Crippen molar-refractivity contribution in [3.05, 3.63) is 48.0 Å². The molecule has 2 aromatic carbocycles. The van der Waals surface area contributed by atoms with Crippen LogP contribution in [0.2, 0.25) is 0 Å². The first-order valence-corrected chi connectivity index (χ1v) is 9.01. The van der Waals surface area contributed by atoms with Crippen molar-refractivity contribution in [2.24, 2.45) is 0 Å². The maximum atomic E-state index is 12.5. The van der Waals surface area contributed by atoms with Crippen molar-refractivity contribution in [2.75, 3.05) is 16.6 Å². The topological polar surface area (TPSA) is 122 Å². The molecule has 1 amide bonds. The number of amides is 1. The van der Waals surface area contributed by atoms with Crippen LogP contribution < -0.4 is 14.8 Å². The first kappa shape index (κ1) is 19.3. The van der Waals surface area contributed by atoms with E-state index in [1.54, 1.807) is 13.0 Å². The highest BCUT2D eigenvalue weighted by Crippen LogP contribution is 2.24. The van der Waals surface area contributed by atoms with Gasteiger partial charge in [-0.15, -0.1) is 0 Å². The van der Waals surface area contributed by atoms with Crippen molar-refractivity contribution in [2.45, 2.75) is 18.7 Å². The molecule has 0 saturated heterocycles. The standard InChI is InChI=1S/C17H18N2O6S/c1-11-9-14(25-10-17(21)22)5-8-16(11)19-26(23,24)15-6-3-13(4-7-15)18-12(2)20/h3-9,19H,10H2,1-2H3,(H,18,20)(H,21,22). The second-order valence-electron chi connectivity index (χ2n) is 5.47. The molecule has 0 aliphatic carbocycles. The maximum absolute atomic E-state index is 12.5. The number of sulfonamides is 1. The number of carboxylic acids is 1. The SMILES string of the molecule is CC(=O)Nc1ccc(S(=O)(=O)Nc2ccc(OCC(=O)O)cc2C)cc1. The highest BCUT2D eigenvalue weighted by atomic mass is 32.2. The Bertz CT molecular complexity index is 923. The Morgan fingerprint density at radius 3 is 2.31 bits per heavy atom. The van der Waals surface area contributed by atoms with Crippen molar-refractivity contribution >= 4 is 33.3 Å². The van der Waals surface area contributed by atoms with E-state index in [1.807, 2.05) is 0 Å². The van der Waals surface area contributed by atoms with E-state index < -0.39 is 22.6 Å². The number of carbonyl (C=O) groups is 2. The molecule has 0 radical (unpaired) electrons. The molecule has 8 nitrogen and oxygen atoms in total. The number of nitrogens with one attached hydrogen (secondary N) is 2. The number of anilines is 2. The Hall–Kier alpha value is -3.07. The van der Waals surface area contributed by atoms with Crippen LogP contribution >= 0.6 is 0 Å². The summed E-state index contributed by atoms with van der Waals surface area (Å²) < 4.78 is 32.5. The van der Waals surface area contributed by atoms with Crippen LogP contribution in [0.5, 0.6) is 5.75 Å². The van der Waals surface area contributed by atoms with Gasteiger partial charge in [0.2, 0.25) is 5.91 Å². The van der Waals surface area contributed by atoms with Gasteiger partial charge in [0.25, 0.3) is 10.0 Å². The second-order valence-corrected chi connectivity index (χ2v) is 7.15. The zero-order chi connectivity index (χ0) is 19.3. The van der Waals surface area contributed by atoms with E-state index in [0.717, 1.165) is 0 Å². The number of hydrogen-bond acceptors (Lipinski definition) is 5. The molecule has 2 rings (SSSR count). The number of aryl methyl sites for hydroxylation is 1. The van der Waals surface area contributed by atoms with Gasteiger partial charge < -0.3 is 15.2 Å². The molecular weight excluding hydrogens is 360 g/mol. The average molecular weight is 378 g/mol. The highest BCUT2D eigenvalue weighted by Gasteiger charge is 2.16. The molecule has 138 valence electrons. The molecule has 0 atom stereocenters. The van der Waals surface area contributed by atoms with E-state index in [4.69, 9.17) is 9.84 Å². The third-order valence-corrected chi connectivity index (χ3v) is 4.67. The number of carbonyl (C=O) groups excluding carboxylic acids is 1. The van der Waals surface area contributed by atoms with Gasteiger partial charge in [0.15, 0.2) is 6.61 Å².